The summed E-state index contributed by atoms with van der Waals surface area (Å²) < 4.78 is 49.2. The lowest BCUT2D eigenvalue weighted by Gasteiger charge is -2.35. The van der Waals surface area contributed by atoms with Gasteiger partial charge in [-0.3, -0.25) is 18.4 Å². The van der Waals surface area contributed by atoms with E-state index in [0.717, 1.165) is 12.7 Å². The third-order valence-electron chi connectivity index (χ3n) is 7.25. The Morgan fingerprint density at radius 2 is 1.74 bits per heavy atom. The van der Waals surface area contributed by atoms with E-state index < -0.39 is 82.9 Å². The number of fused-ring (bicyclic) bond motifs is 1. The molecule has 3 aliphatic rings. The van der Waals surface area contributed by atoms with Crippen LogP contribution < -0.4 is 11.5 Å². The highest BCUT2D eigenvalue weighted by atomic mass is 31.3. The fraction of sp³-hybridized carbons (Fsp3) is 0.524. The number of phosphoric acid groups is 2. The van der Waals surface area contributed by atoms with Crippen molar-refractivity contribution in [1.29, 1.82) is 0 Å². The van der Waals surface area contributed by atoms with E-state index in [2.05, 4.69) is 28.3 Å². The SMILES string of the molecule is NC(=O)C1=CN([C@@H]2O[C@H](COP(=O)(O)OP(=O)(O)OC[C@]3(O)O[C@@H](n4cnc5c(N)ncnc54)C(O)(O)C3(O)O)[C@@H](O)[C@H]2O)C=CC1. The van der Waals surface area contributed by atoms with E-state index in [1.54, 1.807) is 0 Å². The summed E-state index contributed by atoms with van der Waals surface area (Å²) in [7, 11) is -11.4. The monoisotopic (exact) mass is 713 g/mol. The second kappa shape index (κ2) is 12.2. The Labute approximate surface area is 261 Å². The van der Waals surface area contributed by atoms with Crippen LogP contribution in [-0.2, 0) is 36.8 Å². The number of aromatic nitrogens is 4. The van der Waals surface area contributed by atoms with Crippen molar-refractivity contribution in [3.05, 3.63) is 36.7 Å². The van der Waals surface area contributed by atoms with Gasteiger partial charge in [0.2, 0.25) is 5.91 Å². The number of carbonyl (C=O) groups is 1. The number of amides is 1. The quantitative estimate of drug-likeness (QED) is 0.0769. The van der Waals surface area contributed by atoms with Crippen molar-refractivity contribution in [3.63, 3.8) is 0 Å². The number of nitrogens with two attached hydrogens (primary N) is 2. The number of primary amides is 1. The molecule has 8 atom stereocenters. The van der Waals surface area contributed by atoms with Gasteiger partial charge in [0, 0.05) is 18.0 Å². The molecule has 0 saturated carbocycles. The highest BCUT2D eigenvalue weighted by Gasteiger charge is 2.75. The smallest absolute Gasteiger partial charge is 0.387 e. The molecule has 0 aliphatic carbocycles. The molecule has 1 amide bonds. The lowest BCUT2D eigenvalue weighted by Crippen LogP contribution is -2.64. The van der Waals surface area contributed by atoms with Gasteiger partial charge in [0.1, 0.15) is 36.8 Å². The second-order valence-corrected chi connectivity index (χ2v) is 13.5. The Kier molecular flexibility index (Phi) is 9.13. The molecule has 0 bridgehead atoms. The van der Waals surface area contributed by atoms with E-state index in [-0.39, 0.29) is 29.0 Å². The summed E-state index contributed by atoms with van der Waals surface area (Å²) in [5, 5.41) is 73.5. The number of nitrogens with zero attached hydrogens (tertiary/aromatic N) is 5. The molecule has 260 valence electrons. The number of allylic oxidation sites excluding steroid dienone is 1. The fourth-order valence-electron chi connectivity index (χ4n) is 4.76. The first-order valence-electron chi connectivity index (χ1n) is 13.0. The van der Waals surface area contributed by atoms with Gasteiger partial charge in [0.15, 0.2) is 23.9 Å². The van der Waals surface area contributed by atoms with E-state index in [4.69, 9.17) is 20.9 Å². The van der Waals surface area contributed by atoms with E-state index in [0.29, 0.717) is 4.57 Å². The van der Waals surface area contributed by atoms with Crippen LogP contribution in [0.25, 0.3) is 11.2 Å². The Morgan fingerprint density at radius 3 is 2.43 bits per heavy atom. The summed E-state index contributed by atoms with van der Waals surface area (Å²) in [6.45, 7) is -2.85. The first-order chi connectivity index (χ1) is 21.7. The molecule has 3 aliphatic heterocycles. The minimum absolute atomic E-state index is 0.0926. The fourth-order valence-corrected chi connectivity index (χ4v) is 6.86. The number of anilines is 1. The van der Waals surface area contributed by atoms with E-state index in [1.807, 2.05) is 0 Å². The molecule has 47 heavy (non-hydrogen) atoms. The first kappa shape index (κ1) is 35.3. The van der Waals surface area contributed by atoms with Crippen molar-refractivity contribution in [1.82, 2.24) is 24.4 Å². The van der Waals surface area contributed by atoms with Gasteiger partial charge in [-0.2, -0.15) is 4.31 Å². The van der Waals surface area contributed by atoms with Crippen LogP contribution in [0.1, 0.15) is 12.6 Å². The highest BCUT2D eigenvalue weighted by molar-refractivity contribution is 7.61. The van der Waals surface area contributed by atoms with Gasteiger partial charge in [0.05, 0.1) is 12.9 Å². The predicted octanol–water partition coefficient (Wildman–Crippen LogP) is -4.73. The largest absolute Gasteiger partial charge is 0.481 e. The van der Waals surface area contributed by atoms with Crippen LogP contribution in [-0.4, -0.2) is 131 Å². The summed E-state index contributed by atoms with van der Waals surface area (Å²) >= 11 is 0. The van der Waals surface area contributed by atoms with Gasteiger partial charge in [-0.1, -0.05) is 6.08 Å². The lowest BCUT2D eigenvalue weighted by molar-refractivity contribution is -0.400. The summed E-state index contributed by atoms with van der Waals surface area (Å²) in [5.74, 6) is -12.5. The third-order valence-corrected chi connectivity index (χ3v) is 9.83. The number of phosphoric ester groups is 2. The molecule has 0 spiro atoms. The summed E-state index contributed by atoms with van der Waals surface area (Å²) in [5.41, 5.74) is 10.7. The van der Waals surface area contributed by atoms with E-state index >= 15 is 0 Å². The highest BCUT2D eigenvalue weighted by Crippen LogP contribution is 2.61. The Morgan fingerprint density at radius 1 is 1.06 bits per heavy atom. The van der Waals surface area contributed by atoms with Gasteiger partial charge >= 0.3 is 15.6 Å². The number of ether oxygens (including phenoxy) is 2. The number of rotatable bonds is 11. The maximum Gasteiger partial charge on any atom is 0.481 e. The zero-order valence-electron chi connectivity index (χ0n) is 23.5. The lowest BCUT2D eigenvalue weighted by atomic mass is 9.99. The topological polar surface area (TPSA) is 378 Å². The maximum absolute atomic E-state index is 12.5. The maximum atomic E-state index is 12.5. The summed E-state index contributed by atoms with van der Waals surface area (Å²) in [4.78, 5) is 44.1. The molecule has 2 fully saturated rings. The molecule has 2 aromatic rings. The van der Waals surface area contributed by atoms with Crippen LogP contribution in [0.2, 0.25) is 0 Å². The first-order valence-corrected chi connectivity index (χ1v) is 16.0. The van der Waals surface area contributed by atoms with Gasteiger partial charge in [0.25, 0.3) is 17.4 Å². The number of aliphatic hydroxyl groups is 7. The Hall–Kier alpha value is -3.00. The zero-order chi connectivity index (χ0) is 34.7. The van der Waals surface area contributed by atoms with Crippen molar-refractivity contribution in [2.75, 3.05) is 18.9 Å². The van der Waals surface area contributed by atoms with Gasteiger partial charge in [-0.25, -0.2) is 24.1 Å². The molecular formula is C21H29N7O17P2. The molecule has 13 N–H and O–H groups in total. The number of hydrogen-bond donors (Lipinski definition) is 11. The molecule has 0 radical (unpaired) electrons. The average Bonchev–Trinajstić information content (AvgIpc) is 3.58. The molecule has 5 heterocycles. The minimum Gasteiger partial charge on any atom is -0.387 e. The molecule has 2 unspecified atom stereocenters. The number of carbonyl (C=O) groups excluding carboxylic acids is 1. The second-order valence-electron chi connectivity index (χ2n) is 10.4. The van der Waals surface area contributed by atoms with Crippen molar-refractivity contribution < 1.29 is 82.3 Å². The van der Waals surface area contributed by atoms with Crippen LogP contribution in [0.4, 0.5) is 5.82 Å². The van der Waals surface area contributed by atoms with Crippen molar-refractivity contribution in [2.45, 2.75) is 54.5 Å². The molecule has 26 heteroatoms. The van der Waals surface area contributed by atoms with E-state index in [1.165, 1.54) is 23.4 Å². The molecule has 5 rings (SSSR count). The minimum atomic E-state index is -5.81. The van der Waals surface area contributed by atoms with Crippen molar-refractivity contribution >= 4 is 38.5 Å². The number of hydrogen-bond acceptors (Lipinski definition) is 20. The standard InChI is InChI=1S/C21H29N7O17P2/c22-14-11-16(25-7-24-14)28(8-26-11)18-20(33,34)21(35,36)19(32,44-18)6-42-47(39,40)45-46(37,38)41-5-10-12(29)13(30)17(43-10)27-3-1-2-9(4-27)15(23)31/h1,3-4,7-8,10,12-13,17-18,29-30,32-36H,2,5-6H2,(H2,23,31)(H,37,38)(H,39,40)(H2,22,24,25)/t10-,12-,13-,17-,18-,19+/m1/s1. The van der Waals surface area contributed by atoms with Crippen LogP contribution in [0.3, 0.4) is 0 Å². The van der Waals surface area contributed by atoms with Crippen molar-refractivity contribution in [3.8, 4) is 0 Å². The molecule has 2 saturated heterocycles. The number of aliphatic hydroxyl groups excluding tert-OH is 2. The van der Waals surface area contributed by atoms with Gasteiger partial charge < -0.3 is 71.4 Å². The predicted molar refractivity (Wildman–Crippen MR) is 145 cm³/mol. The molecule has 24 nitrogen and oxygen atoms in total. The Bertz CT molecular complexity index is 1700. The third kappa shape index (κ3) is 6.43. The van der Waals surface area contributed by atoms with Crippen LogP contribution >= 0.6 is 15.6 Å². The Balaban J connectivity index is 1.22. The van der Waals surface area contributed by atoms with Gasteiger partial charge in [-0.15, -0.1) is 0 Å². The molecule has 0 aromatic carbocycles. The van der Waals surface area contributed by atoms with Crippen LogP contribution in [0.15, 0.2) is 36.7 Å². The summed E-state index contributed by atoms with van der Waals surface area (Å²) in [6.07, 6.45) is -2.42. The average molecular weight is 713 g/mol. The van der Waals surface area contributed by atoms with Gasteiger partial charge in [-0.05, 0) is 6.42 Å². The summed E-state index contributed by atoms with van der Waals surface area (Å²) in [6, 6.07) is 0. The van der Waals surface area contributed by atoms with E-state index in [9.17, 15) is 59.5 Å². The van der Waals surface area contributed by atoms with Crippen LogP contribution in [0, 0.1) is 0 Å². The normalized spacial score (nSPS) is 32.7. The van der Waals surface area contributed by atoms with Crippen molar-refractivity contribution in [2.24, 2.45) is 5.73 Å². The van der Waals surface area contributed by atoms with Crippen LogP contribution in [0.5, 0.6) is 0 Å². The molecular weight excluding hydrogens is 684 g/mol. The zero-order valence-corrected chi connectivity index (χ0v) is 25.3. The number of nitrogen functional groups attached to an aromatic ring is 1. The number of imidazole rings is 1. The molecule has 2 aromatic heterocycles.